The highest BCUT2D eigenvalue weighted by atomic mass is 35.5. The zero-order valence-corrected chi connectivity index (χ0v) is 17.7. The topological polar surface area (TPSA) is 59.2 Å². The summed E-state index contributed by atoms with van der Waals surface area (Å²) in [6.07, 6.45) is -3.28. The molecule has 1 heterocycles. The number of benzene rings is 3. The van der Waals surface area contributed by atoms with Crippen LogP contribution in [-0.4, -0.2) is 13.4 Å². The quantitative estimate of drug-likeness (QED) is 0.334. The highest BCUT2D eigenvalue weighted by Crippen LogP contribution is 2.38. The van der Waals surface area contributed by atoms with Crippen LogP contribution in [0.4, 0.5) is 13.2 Å². The monoisotopic (exact) mass is 485 g/mol. The summed E-state index contributed by atoms with van der Waals surface area (Å²) in [6.45, 7) is 0. The van der Waals surface area contributed by atoms with Crippen molar-refractivity contribution in [1.29, 1.82) is 0 Å². The first-order valence-corrected chi connectivity index (χ1v) is 11.0. The number of ether oxygens (including phenoxy) is 1. The molecule has 0 spiro atoms. The van der Waals surface area contributed by atoms with Crippen LogP contribution in [0.15, 0.2) is 76.7 Å². The number of aromatic amines is 1. The van der Waals surface area contributed by atoms with E-state index in [0.29, 0.717) is 10.9 Å². The smallest absolute Gasteiger partial charge is 0.416 e. The van der Waals surface area contributed by atoms with Crippen LogP contribution < -0.4 is 4.74 Å². The largest absolute Gasteiger partial charge is 0.454 e. The number of para-hydroxylation sites is 1. The van der Waals surface area contributed by atoms with E-state index in [4.69, 9.17) is 27.9 Å². The number of aromatic nitrogens is 1. The highest BCUT2D eigenvalue weighted by molar-refractivity contribution is 7.91. The van der Waals surface area contributed by atoms with Gasteiger partial charge in [0.25, 0.3) is 0 Å². The highest BCUT2D eigenvalue weighted by Gasteiger charge is 2.31. The van der Waals surface area contributed by atoms with E-state index >= 15 is 0 Å². The summed E-state index contributed by atoms with van der Waals surface area (Å²) >= 11 is 12.2. The molecule has 1 N–H and O–H groups in total. The fourth-order valence-corrected chi connectivity index (χ4v) is 4.90. The number of fused-ring (bicyclic) bond motifs is 1. The van der Waals surface area contributed by atoms with Gasteiger partial charge in [0.05, 0.1) is 25.4 Å². The molecular weight excluding hydrogens is 474 g/mol. The molecule has 1 aromatic heterocycles. The first-order valence-electron chi connectivity index (χ1n) is 8.73. The van der Waals surface area contributed by atoms with Crippen molar-refractivity contribution in [3.8, 4) is 11.5 Å². The van der Waals surface area contributed by atoms with Crippen LogP contribution in [-0.2, 0) is 16.0 Å². The van der Waals surface area contributed by atoms with Crippen molar-refractivity contribution < 1.29 is 26.3 Å². The van der Waals surface area contributed by atoms with E-state index in [9.17, 15) is 21.6 Å². The third kappa shape index (κ3) is 4.11. The van der Waals surface area contributed by atoms with Gasteiger partial charge in [-0.25, -0.2) is 8.42 Å². The van der Waals surface area contributed by atoms with Gasteiger partial charge in [0.2, 0.25) is 9.84 Å². The first kappa shape index (κ1) is 21.5. The minimum Gasteiger partial charge on any atom is -0.454 e. The number of H-pyrrole nitrogens is 1. The fraction of sp³-hybridized carbons (Fsp3) is 0.0476. The van der Waals surface area contributed by atoms with Crippen molar-refractivity contribution in [1.82, 2.24) is 4.98 Å². The number of halogens is 5. The van der Waals surface area contributed by atoms with E-state index in [1.54, 1.807) is 30.3 Å². The van der Waals surface area contributed by atoms with Crippen LogP contribution in [0.3, 0.4) is 0 Å². The average Bonchev–Trinajstić information content (AvgIpc) is 3.14. The summed E-state index contributed by atoms with van der Waals surface area (Å²) in [5.41, 5.74) is -0.430. The number of rotatable bonds is 4. The third-order valence-corrected chi connectivity index (χ3v) is 6.94. The van der Waals surface area contributed by atoms with Crippen molar-refractivity contribution in [3.63, 3.8) is 0 Å². The average molecular weight is 486 g/mol. The molecule has 0 saturated carbocycles. The Morgan fingerprint density at radius 1 is 0.903 bits per heavy atom. The Balaban J connectivity index is 1.75. The lowest BCUT2D eigenvalue weighted by Gasteiger charge is -2.10. The molecule has 4 nitrogen and oxygen atoms in total. The first-order chi connectivity index (χ1) is 14.6. The SMILES string of the molecule is O=S(=O)(c1ccc(C(F)(F)F)cc1)c1c[nH]c2ccc(Oc3c(Cl)cccc3Cl)cc12. The molecule has 4 aromatic rings. The van der Waals surface area contributed by atoms with Crippen LogP contribution in [0.2, 0.25) is 10.0 Å². The molecule has 0 amide bonds. The van der Waals surface area contributed by atoms with Crippen molar-refractivity contribution in [2.24, 2.45) is 0 Å². The Hall–Kier alpha value is -2.68. The second kappa shape index (κ2) is 7.78. The van der Waals surface area contributed by atoms with E-state index in [1.165, 1.54) is 12.3 Å². The van der Waals surface area contributed by atoms with Crippen LogP contribution in [0, 0.1) is 0 Å². The summed E-state index contributed by atoms with van der Waals surface area (Å²) < 4.78 is 70.2. The molecule has 3 aromatic carbocycles. The van der Waals surface area contributed by atoms with Crippen molar-refractivity contribution in [2.45, 2.75) is 16.0 Å². The minimum atomic E-state index is -4.56. The molecule has 0 radical (unpaired) electrons. The maximum absolute atomic E-state index is 13.1. The maximum Gasteiger partial charge on any atom is 0.416 e. The molecule has 160 valence electrons. The normalized spacial score (nSPS) is 12.3. The van der Waals surface area contributed by atoms with Gasteiger partial charge >= 0.3 is 6.18 Å². The molecule has 31 heavy (non-hydrogen) atoms. The van der Waals surface area contributed by atoms with Gasteiger partial charge in [-0.3, -0.25) is 0 Å². The van der Waals surface area contributed by atoms with E-state index in [1.807, 2.05) is 0 Å². The molecule has 10 heteroatoms. The standard InChI is InChI=1S/C21H12Cl2F3NO3S/c22-16-2-1-3-17(23)20(16)30-13-6-9-18-15(10-13)19(11-27-18)31(28,29)14-7-4-12(5-8-14)21(24,25)26/h1-11,27H. The van der Waals surface area contributed by atoms with Crippen molar-refractivity contribution in [3.05, 3.63) is 82.5 Å². The van der Waals surface area contributed by atoms with Gasteiger partial charge in [0.15, 0.2) is 5.75 Å². The minimum absolute atomic E-state index is 0.0991. The van der Waals surface area contributed by atoms with E-state index in [2.05, 4.69) is 4.98 Å². The molecule has 0 bridgehead atoms. The summed E-state index contributed by atoms with van der Waals surface area (Å²) in [5, 5.41) is 0.860. The van der Waals surface area contributed by atoms with Gasteiger partial charge in [0, 0.05) is 17.1 Å². The van der Waals surface area contributed by atoms with Crippen LogP contribution in [0.25, 0.3) is 10.9 Å². The fourth-order valence-electron chi connectivity index (χ4n) is 3.01. The Bertz CT molecular complexity index is 1360. The molecule has 0 aliphatic heterocycles. The number of alkyl halides is 3. The molecule has 0 saturated heterocycles. The molecular formula is C21H12Cl2F3NO3S. The van der Waals surface area contributed by atoms with E-state index < -0.39 is 21.6 Å². The molecule has 0 atom stereocenters. The van der Waals surface area contributed by atoms with Gasteiger partial charge in [-0.15, -0.1) is 0 Å². The summed E-state index contributed by atoms with van der Waals surface area (Å²) in [4.78, 5) is 2.49. The Kier molecular flexibility index (Phi) is 5.41. The number of hydrogen-bond acceptors (Lipinski definition) is 3. The number of nitrogens with one attached hydrogen (secondary N) is 1. The lowest BCUT2D eigenvalue weighted by Crippen LogP contribution is -2.06. The second-order valence-electron chi connectivity index (χ2n) is 6.54. The predicted octanol–water partition coefficient (Wildman–Crippen LogP) is 7.12. The van der Waals surface area contributed by atoms with Crippen LogP contribution in [0.5, 0.6) is 11.5 Å². The second-order valence-corrected chi connectivity index (χ2v) is 9.27. The molecule has 0 unspecified atom stereocenters. The Labute approximate surface area is 185 Å². The summed E-state index contributed by atoms with van der Waals surface area (Å²) in [5.74, 6) is 0.499. The molecule has 0 aliphatic rings. The van der Waals surface area contributed by atoms with Crippen LogP contribution in [0.1, 0.15) is 5.56 Å². The van der Waals surface area contributed by atoms with Gasteiger partial charge in [-0.2, -0.15) is 13.2 Å². The summed E-state index contributed by atoms with van der Waals surface area (Å²) in [7, 11) is -4.10. The van der Waals surface area contributed by atoms with Crippen molar-refractivity contribution >= 4 is 43.9 Å². The van der Waals surface area contributed by atoms with Gasteiger partial charge in [-0.05, 0) is 54.6 Å². The summed E-state index contributed by atoms with van der Waals surface area (Å²) in [6, 6.07) is 12.9. The maximum atomic E-state index is 13.1. The zero-order valence-electron chi connectivity index (χ0n) is 15.4. The van der Waals surface area contributed by atoms with Gasteiger partial charge in [0.1, 0.15) is 5.75 Å². The number of hydrogen-bond donors (Lipinski definition) is 1. The molecule has 0 fully saturated rings. The molecule has 0 aliphatic carbocycles. The van der Waals surface area contributed by atoms with Crippen LogP contribution >= 0.6 is 23.2 Å². The molecule has 4 rings (SSSR count). The van der Waals surface area contributed by atoms with E-state index in [0.717, 1.165) is 24.3 Å². The Morgan fingerprint density at radius 2 is 1.55 bits per heavy atom. The lowest BCUT2D eigenvalue weighted by molar-refractivity contribution is -0.137. The lowest BCUT2D eigenvalue weighted by atomic mass is 10.2. The van der Waals surface area contributed by atoms with E-state index in [-0.39, 0.29) is 31.3 Å². The van der Waals surface area contributed by atoms with Gasteiger partial charge < -0.3 is 9.72 Å². The third-order valence-electron chi connectivity index (χ3n) is 4.54. The van der Waals surface area contributed by atoms with Crippen molar-refractivity contribution in [2.75, 3.05) is 0 Å². The predicted molar refractivity (Wildman–Crippen MR) is 112 cm³/mol. The van der Waals surface area contributed by atoms with Gasteiger partial charge in [-0.1, -0.05) is 29.3 Å². The zero-order chi connectivity index (χ0) is 22.4. The Morgan fingerprint density at radius 3 is 2.16 bits per heavy atom. The number of sulfone groups is 1.